The average molecular weight is 309 g/mol. The van der Waals surface area contributed by atoms with Gasteiger partial charge in [0.1, 0.15) is 6.10 Å². The van der Waals surface area contributed by atoms with Crippen molar-refractivity contribution in [1.29, 1.82) is 0 Å². The van der Waals surface area contributed by atoms with Crippen LogP contribution in [0, 0.1) is 0 Å². The third-order valence-electron chi connectivity index (χ3n) is 4.57. The van der Waals surface area contributed by atoms with E-state index in [2.05, 4.69) is 16.7 Å². The summed E-state index contributed by atoms with van der Waals surface area (Å²) >= 11 is 6.10. The Morgan fingerprint density at radius 1 is 1.48 bits per heavy atom. The summed E-state index contributed by atoms with van der Waals surface area (Å²) in [5.41, 5.74) is 1.27. The largest absolute Gasteiger partial charge is 0.366 e. The number of benzene rings is 1. The van der Waals surface area contributed by atoms with E-state index < -0.39 is 0 Å². The smallest absolute Gasteiger partial charge is 0.250 e. The highest BCUT2D eigenvalue weighted by Crippen LogP contribution is 2.43. The second-order valence-electron chi connectivity index (χ2n) is 5.93. The maximum absolute atomic E-state index is 12.2. The van der Waals surface area contributed by atoms with Crippen LogP contribution in [0.2, 0.25) is 5.02 Å². The lowest BCUT2D eigenvalue weighted by Crippen LogP contribution is -2.52. The monoisotopic (exact) mass is 308 g/mol. The van der Waals surface area contributed by atoms with Crippen molar-refractivity contribution in [3.63, 3.8) is 0 Å². The van der Waals surface area contributed by atoms with Crippen LogP contribution in [-0.4, -0.2) is 38.3 Å². The van der Waals surface area contributed by atoms with E-state index in [0.717, 1.165) is 24.4 Å². The molecule has 1 aromatic rings. The molecule has 0 spiro atoms. The van der Waals surface area contributed by atoms with Crippen molar-refractivity contribution in [3.05, 3.63) is 34.9 Å². The Kier molecular flexibility index (Phi) is 4.48. The Morgan fingerprint density at radius 3 is 2.95 bits per heavy atom. The maximum atomic E-state index is 12.2. The van der Waals surface area contributed by atoms with Gasteiger partial charge in [-0.05, 0) is 30.5 Å². The number of nitrogens with one attached hydrogen (secondary N) is 2. The predicted octanol–water partition coefficient (Wildman–Crippen LogP) is 1.87. The van der Waals surface area contributed by atoms with Gasteiger partial charge in [-0.3, -0.25) is 4.79 Å². The summed E-state index contributed by atoms with van der Waals surface area (Å²) in [6.45, 7) is 2.66. The lowest BCUT2D eigenvalue weighted by molar-refractivity contribution is -0.134. The van der Waals surface area contributed by atoms with Gasteiger partial charge < -0.3 is 15.4 Å². The summed E-state index contributed by atoms with van der Waals surface area (Å²) in [5, 5.41) is 7.00. The molecule has 114 valence electrons. The minimum atomic E-state index is -0.366. The number of morpholine rings is 1. The zero-order chi connectivity index (χ0) is 14.7. The standard InChI is InChI=1S/C16H21ClN2O2/c17-13-4-1-3-12(9-13)16(5-2-6-16)11-19-15(20)14-10-18-7-8-21-14/h1,3-4,9,14,18H,2,5-8,10-11H2,(H,19,20). The van der Waals surface area contributed by atoms with Crippen LogP contribution in [0.5, 0.6) is 0 Å². The van der Waals surface area contributed by atoms with Gasteiger partial charge in [0.25, 0.3) is 0 Å². The highest BCUT2D eigenvalue weighted by molar-refractivity contribution is 6.30. The van der Waals surface area contributed by atoms with Crippen molar-refractivity contribution in [3.8, 4) is 0 Å². The van der Waals surface area contributed by atoms with Crippen molar-refractivity contribution in [2.24, 2.45) is 0 Å². The summed E-state index contributed by atoms with van der Waals surface area (Å²) in [6, 6.07) is 7.99. The van der Waals surface area contributed by atoms with E-state index in [-0.39, 0.29) is 17.4 Å². The Bertz CT molecular complexity index is 511. The molecule has 4 nitrogen and oxygen atoms in total. The molecule has 1 aromatic carbocycles. The van der Waals surface area contributed by atoms with E-state index >= 15 is 0 Å². The first kappa shape index (κ1) is 14.8. The first-order valence-electron chi connectivity index (χ1n) is 7.56. The zero-order valence-corrected chi connectivity index (χ0v) is 12.8. The van der Waals surface area contributed by atoms with Crippen LogP contribution in [-0.2, 0) is 14.9 Å². The summed E-state index contributed by atoms with van der Waals surface area (Å²) in [4.78, 5) is 12.2. The minimum Gasteiger partial charge on any atom is -0.366 e. The Hall–Kier alpha value is -1.10. The quantitative estimate of drug-likeness (QED) is 0.893. The first-order valence-corrected chi connectivity index (χ1v) is 7.94. The molecule has 1 saturated heterocycles. The van der Waals surface area contributed by atoms with Gasteiger partial charge in [0.15, 0.2) is 0 Å². The normalized spacial score (nSPS) is 24.1. The SMILES string of the molecule is O=C(NCC1(c2cccc(Cl)c2)CCC1)C1CNCCO1. The second kappa shape index (κ2) is 6.34. The second-order valence-corrected chi connectivity index (χ2v) is 6.36. The number of hydrogen-bond acceptors (Lipinski definition) is 3. The van der Waals surface area contributed by atoms with Crippen LogP contribution < -0.4 is 10.6 Å². The minimum absolute atomic E-state index is 0.0181. The molecule has 2 aliphatic rings. The van der Waals surface area contributed by atoms with Crippen LogP contribution in [0.25, 0.3) is 0 Å². The van der Waals surface area contributed by atoms with E-state index in [4.69, 9.17) is 16.3 Å². The van der Waals surface area contributed by atoms with Crippen molar-refractivity contribution >= 4 is 17.5 Å². The number of hydrogen-bond donors (Lipinski definition) is 2. The first-order chi connectivity index (χ1) is 10.2. The lowest BCUT2D eigenvalue weighted by atomic mass is 9.64. The molecule has 0 bridgehead atoms. The highest BCUT2D eigenvalue weighted by Gasteiger charge is 2.39. The van der Waals surface area contributed by atoms with Gasteiger partial charge in [-0.25, -0.2) is 0 Å². The van der Waals surface area contributed by atoms with Crippen LogP contribution in [0.15, 0.2) is 24.3 Å². The molecular weight excluding hydrogens is 288 g/mol. The summed E-state index contributed by atoms with van der Waals surface area (Å²) in [7, 11) is 0. The van der Waals surface area contributed by atoms with Gasteiger partial charge in [-0.15, -0.1) is 0 Å². The van der Waals surface area contributed by atoms with Gasteiger partial charge >= 0.3 is 0 Å². The summed E-state index contributed by atoms with van der Waals surface area (Å²) < 4.78 is 5.49. The summed E-state index contributed by atoms with van der Waals surface area (Å²) in [5.74, 6) is -0.0181. The molecule has 2 N–H and O–H groups in total. The number of halogens is 1. The fraction of sp³-hybridized carbons (Fsp3) is 0.562. The van der Waals surface area contributed by atoms with Gasteiger partial charge in [0.2, 0.25) is 5.91 Å². The predicted molar refractivity (Wildman–Crippen MR) is 82.6 cm³/mol. The van der Waals surface area contributed by atoms with E-state index in [9.17, 15) is 4.79 Å². The van der Waals surface area contributed by atoms with E-state index in [0.29, 0.717) is 19.7 Å². The van der Waals surface area contributed by atoms with Gasteiger partial charge in [-0.2, -0.15) is 0 Å². The topological polar surface area (TPSA) is 50.4 Å². The molecule has 5 heteroatoms. The highest BCUT2D eigenvalue weighted by atomic mass is 35.5. The van der Waals surface area contributed by atoms with E-state index in [1.807, 2.05) is 18.2 Å². The number of carbonyl (C=O) groups excluding carboxylic acids is 1. The van der Waals surface area contributed by atoms with Gasteiger partial charge in [0.05, 0.1) is 6.61 Å². The molecule has 0 radical (unpaired) electrons. The molecule has 0 aromatic heterocycles. The van der Waals surface area contributed by atoms with Crippen molar-refractivity contribution < 1.29 is 9.53 Å². The molecule has 1 aliphatic heterocycles. The lowest BCUT2D eigenvalue weighted by Gasteiger charge is -2.43. The van der Waals surface area contributed by atoms with Crippen molar-refractivity contribution in [1.82, 2.24) is 10.6 Å². The number of amides is 1. The van der Waals surface area contributed by atoms with Gasteiger partial charge in [0, 0.05) is 30.1 Å². The average Bonchev–Trinajstić information content (AvgIpc) is 2.47. The molecule has 1 saturated carbocycles. The maximum Gasteiger partial charge on any atom is 0.250 e. The molecule has 21 heavy (non-hydrogen) atoms. The van der Waals surface area contributed by atoms with Crippen LogP contribution in [0.1, 0.15) is 24.8 Å². The molecular formula is C16H21ClN2O2. The molecule has 1 amide bonds. The Morgan fingerprint density at radius 2 is 2.33 bits per heavy atom. The number of rotatable bonds is 4. The Labute approximate surface area is 130 Å². The fourth-order valence-corrected chi connectivity index (χ4v) is 3.28. The van der Waals surface area contributed by atoms with E-state index in [1.54, 1.807) is 0 Å². The van der Waals surface area contributed by atoms with E-state index in [1.165, 1.54) is 12.0 Å². The molecule has 3 rings (SSSR count). The molecule has 1 atom stereocenters. The van der Waals surface area contributed by atoms with Crippen LogP contribution in [0.4, 0.5) is 0 Å². The Balaban J connectivity index is 1.63. The third kappa shape index (κ3) is 3.23. The molecule has 2 fully saturated rings. The van der Waals surface area contributed by atoms with Crippen LogP contribution >= 0.6 is 11.6 Å². The zero-order valence-electron chi connectivity index (χ0n) is 12.0. The molecule has 1 aliphatic carbocycles. The van der Waals surface area contributed by atoms with Gasteiger partial charge in [-0.1, -0.05) is 30.2 Å². The van der Waals surface area contributed by atoms with Crippen molar-refractivity contribution in [2.75, 3.05) is 26.2 Å². The number of carbonyl (C=O) groups is 1. The van der Waals surface area contributed by atoms with Crippen LogP contribution in [0.3, 0.4) is 0 Å². The third-order valence-corrected chi connectivity index (χ3v) is 4.80. The van der Waals surface area contributed by atoms with Crippen molar-refractivity contribution in [2.45, 2.75) is 30.8 Å². The number of ether oxygens (including phenoxy) is 1. The fourth-order valence-electron chi connectivity index (χ4n) is 3.09. The summed E-state index contributed by atoms with van der Waals surface area (Å²) in [6.07, 6.45) is 3.02. The molecule has 1 unspecified atom stereocenters. The molecule has 1 heterocycles.